The van der Waals surface area contributed by atoms with Gasteiger partial charge in [-0.05, 0) is 50.9 Å². The van der Waals surface area contributed by atoms with Crippen molar-refractivity contribution in [2.45, 2.75) is 45.1 Å². The monoisotopic (exact) mass is 388 g/mol. The van der Waals surface area contributed by atoms with Crippen molar-refractivity contribution in [1.82, 2.24) is 0 Å². The molecular formula is C17H20BF3O4S. The Labute approximate surface area is 155 Å². The summed E-state index contributed by atoms with van der Waals surface area (Å²) in [4.78, 5) is 11.0. The van der Waals surface area contributed by atoms with Gasteiger partial charge in [-0.2, -0.15) is 25.8 Å². The summed E-state index contributed by atoms with van der Waals surface area (Å²) in [6.07, 6.45) is -3.29. The number of carboxylic acid groups (broad SMARTS) is 1. The Bertz CT molecular complexity index is 728. The molecule has 1 aliphatic rings. The van der Waals surface area contributed by atoms with Crippen LogP contribution in [0.2, 0.25) is 0 Å². The minimum absolute atomic E-state index is 0.195. The van der Waals surface area contributed by atoms with Gasteiger partial charge >= 0.3 is 19.3 Å². The first-order valence-electron chi connectivity index (χ1n) is 7.90. The van der Waals surface area contributed by atoms with Crippen molar-refractivity contribution in [3.05, 3.63) is 40.4 Å². The van der Waals surface area contributed by atoms with E-state index in [4.69, 9.17) is 14.4 Å². The van der Waals surface area contributed by atoms with Gasteiger partial charge in [-0.15, -0.1) is 0 Å². The largest absolute Gasteiger partial charge is 0.491 e. The molecule has 1 N–H and O–H groups in total. The van der Waals surface area contributed by atoms with Crippen LogP contribution in [0.5, 0.6) is 0 Å². The van der Waals surface area contributed by atoms with Crippen LogP contribution in [0.25, 0.3) is 6.08 Å². The van der Waals surface area contributed by atoms with Crippen LogP contribution in [-0.4, -0.2) is 35.1 Å². The fourth-order valence-electron chi connectivity index (χ4n) is 2.47. The van der Waals surface area contributed by atoms with Gasteiger partial charge < -0.3 is 14.4 Å². The average molecular weight is 388 g/mol. The third kappa shape index (κ3) is 4.10. The summed E-state index contributed by atoms with van der Waals surface area (Å²) in [5, 5.41) is 8.97. The van der Waals surface area contributed by atoms with E-state index in [1.54, 1.807) is 0 Å². The van der Waals surface area contributed by atoms with Crippen LogP contribution in [0.1, 0.15) is 49.2 Å². The maximum Gasteiger partial charge on any atom is 0.491 e. The highest BCUT2D eigenvalue weighted by Gasteiger charge is 2.52. The fourth-order valence-corrected chi connectivity index (χ4v) is 2.71. The molecule has 0 amide bonds. The van der Waals surface area contributed by atoms with Gasteiger partial charge in [-0.3, -0.25) is 0 Å². The number of rotatable bonds is 4. The number of alkyl halides is 3. The van der Waals surface area contributed by atoms with Crippen LogP contribution in [0.4, 0.5) is 13.2 Å². The van der Waals surface area contributed by atoms with Crippen LogP contribution in [0.15, 0.2) is 23.7 Å². The molecule has 26 heavy (non-hydrogen) atoms. The van der Waals surface area contributed by atoms with Crippen molar-refractivity contribution in [3.8, 4) is 0 Å². The third-order valence-corrected chi connectivity index (χ3v) is 5.04. The molecule has 1 fully saturated rings. The van der Waals surface area contributed by atoms with Crippen LogP contribution < -0.4 is 0 Å². The molecule has 1 saturated heterocycles. The van der Waals surface area contributed by atoms with Gasteiger partial charge in [0.1, 0.15) is 0 Å². The Kier molecular flexibility index (Phi) is 5.57. The Morgan fingerprint density at radius 2 is 1.77 bits per heavy atom. The van der Waals surface area contributed by atoms with Crippen molar-refractivity contribution < 1.29 is 32.4 Å². The molecule has 0 atom stereocenters. The van der Waals surface area contributed by atoms with Gasteiger partial charge in [0.05, 0.1) is 22.3 Å². The molecular weight excluding hydrogens is 368 g/mol. The first kappa shape index (κ1) is 20.9. The Morgan fingerprint density at radius 1 is 1.23 bits per heavy atom. The molecule has 0 saturated carbocycles. The van der Waals surface area contributed by atoms with Gasteiger partial charge in [0, 0.05) is 5.75 Å². The molecule has 1 aliphatic heterocycles. The molecule has 0 aliphatic carbocycles. The van der Waals surface area contributed by atoms with E-state index >= 15 is 0 Å². The van der Waals surface area contributed by atoms with E-state index < -0.39 is 41.6 Å². The van der Waals surface area contributed by atoms with E-state index in [2.05, 4.69) is 12.6 Å². The van der Waals surface area contributed by atoms with Crippen LogP contribution in [0, 0.1) is 0 Å². The van der Waals surface area contributed by atoms with Crippen molar-refractivity contribution in [2.75, 3.05) is 5.75 Å². The number of aromatic carboxylic acids is 1. The Hall–Kier alpha value is -1.45. The standard InChI is InChI=1S/C17H20BF3O4S/c1-15(2)16(3,4)25-18(24-15)11(9-26)7-10-5-6-12(14(22)23)13(8-10)17(19,20)21/h5-8,26H,9H2,1-4H3,(H,22,23). The normalized spacial score (nSPS) is 19.7. The summed E-state index contributed by atoms with van der Waals surface area (Å²) >= 11 is 4.23. The summed E-state index contributed by atoms with van der Waals surface area (Å²) in [5.74, 6) is -1.42. The lowest BCUT2D eigenvalue weighted by molar-refractivity contribution is -0.138. The quantitative estimate of drug-likeness (QED) is 0.595. The lowest BCUT2D eigenvalue weighted by Gasteiger charge is -2.32. The highest BCUT2D eigenvalue weighted by Crippen LogP contribution is 2.39. The third-order valence-electron chi connectivity index (χ3n) is 4.67. The number of hydrogen-bond acceptors (Lipinski definition) is 4. The summed E-state index contributed by atoms with van der Waals surface area (Å²) in [7, 11) is -0.744. The summed E-state index contributed by atoms with van der Waals surface area (Å²) in [5.41, 5.74) is -2.44. The predicted molar refractivity (Wildman–Crippen MR) is 96.3 cm³/mol. The molecule has 142 valence electrons. The van der Waals surface area contributed by atoms with Crippen LogP contribution in [-0.2, 0) is 15.5 Å². The second-order valence-electron chi connectivity index (χ2n) is 7.07. The number of hydrogen-bond donors (Lipinski definition) is 2. The molecule has 4 nitrogen and oxygen atoms in total. The summed E-state index contributed by atoms with van der Waals surface area (Å²) in [6, 6.07) is 3.06. The molecule has 9 heteroatoms. The minimum atomic E-state index is -4.77. The molecule has 0 radical (unpaired) electrons. The zero-order valence-corrected chi connectivity index (χ0v) is 15.7. The number of carboxylic acids is 1. The Balaban J connectivity index is 2.43. The maximum absolute atomic E-state index is 13.2. The van der Waals surface area contributed by atoms with E-state index in [9.17, 15) is 18.0 Å². The van der Waals surface area contributed by atoms with Gasteiger partial charge in [-0.1, -0.05) is 12.1 Å². The lowest BCUT2D eigenvalue weighted by Crippen LogP contribution is -2.41. The molecule has 0 bridgehead atoms. The number of carbonyl (C=O) groups is 1. The second kappa shape index (κ2) is 6.94. The molecule has 0 spiro atoms. The van der Waals surface area contributed by atoms with Crippen molar-refractivity contribution in [3.63, 3.8) is 0 Å². The molecule has 1 aromatic rings. The SMILES string of the molecule is CC1(C)OB(C(=Cc2ccc(C(=O)O)c(C(F)(F)F)c2)CS)OC1(C)C. The first-order chi connectivity index (χ1) is 11.8. The van der Waals surface area contributed by atoms with Gasteiger partial charge in [-0.25, -0.2) is 4.79 Å². The average Bonchev–Trinajstić information content (AvgIpc) is 2.71. The topological polar surface area (TPSA) is 55.8 Å². The lowest BCUT2D eigenvalue weighted by atomic mass is 9.78. The molecule has 1 aromatic carbocycles. The number of benzene rings is 1. The van der Waals surface area contributed by atoms with Crippen LogP contribution in [0.3, 0.4) is 0 Å². The second-order valence-corrected chi connectivity index (χ2v) is 7.39. The number of halogens is 3. The van der Waals surface area contributed by atoms with Crippen molar-refractivity contribution in [2.24, 2.45) is 0 Å². The van der Waals surface area contributed by atoms with E-state index in [0.29, 0.717) is 5.47 Å². The first-order valence-corrected chi connectivity index (χ1v) is 8.53. The summed E-state index contributed by atoms with van der Waals surface area (Å²) in [6.45, 7) is 7.47. The smallest absolute Gasteiger partial charge is 0.478 e. The maximum atomic E-state index is 13.2. The van der Waals surface area contributed by atoms with Crippen molar-refractivity contribution >= 4 is 31.8 Å². The van der Waals surface area contributed by atoms with E-state index in [0.717, 1.165) is 12.1 Å². The fraction of sp³-hybridized carbons (Fsp3) is 0.471. The molecule has 0 unspecified atom stereocenters. The zero-order chi connectivity index (χ0) is 19.9. The van der Waals surface area contributed by atoms with Crippen LogP contribution >= 0.6 is 12.6 Å². The van der Waals surface area contributed by atoms with Gasteiger partial charge in [0.25, 0.3) is 0 Å². The van der Waals surface area contributed by atoms with E-state index in [-0.39, 0.29) is 11.3 Å². The predicted octanol–water partition coefficient (Wildman–Crippen LogP) is 4.35. The number of thiol groups is 1. The summed E-state index contributed by atoms with van der Waals surface area (Å²) < 4.78 is 51.3. The minimum Gasteiger partial charge on any atom is -0.478 e. The Morgan fingerprint density at radius 3 is 2.19 bits per heavy atom. The zero-order valence-electron chi connectivity index (χ0n) is 14.8. The molecule has 1 heterocycles. The highest BCUT2D eigenvalue weighted by molar-refractivity contribution is 7.80. The van der Waals surface area contributed by atoms with Gasteiger partial charge in [0.2, 0.25) is 0 Å². The van der Waals surface area contributed by atoms with Crippen molar-refractivity contribution in [1.29, 1.82) is 0 Å². The molecule has 0 aromatic heterocycles. The highest BCUT2D eigenvalue weighted by atomic mass is 32.1. The van der Waals surface area contributed by atoms with E-state index in [1.807, 2.05) is 27.7 Å². The molecule has 2 rings (SSSR count). The van der Waals surface area contributed by atoms with E-state index in [1.165, 1.54) is 12.1 Å². The van der Waals surface area contributed by atoms with Gasteiger partial charge in [0.15, 0.2) is 0 Å².